The monoisotopic (exact) mass is 186 g/mol. The lowest BCUT2D eigenvalue weighted by molar-refractivity contribution is 0.336. The molecule has 0 heterocycles. The molecule has 1 nitrogen and oxygen atoms in total. The highest BCUT2D eigenvalue weighted by atomic mass is 16.3. The molecule has 0 spiro atoms. The number of hydrogen-bond acceptors (Lipinski definition) is 1. The summed E-state index contributed by atoms with van der Waals surface area (Å²) in [6.45, 7) is 3.62. The van der Waals surface area contributed by atoms with Gasteiger partial charge in [0.1, 0.15) is 0 Å². The molecule has 0 aliphatic heterocycles. The average molecular weight is 186 g/mol. The molecule has 1 rings (SSSR count). The summed E-state index contributed by atoms with van der Waals surface area (Å²) in [6.07, 6.45) is 7.29. The zero-order valence-corrected chi connectivity index (χ0v) is 8.06. The number of aliphatic hydroxyl groups excluding tert-OH is 1. The molecule has 0 unspecified atom stereocenters. The van der Waals surface area contributed by atoms with Crippen molar-refractivity contribution in [3.63, 3.8) is 0 Å². The van der Waals surface area contributed by atoms with Crippen LogP contribution in [0.25, 0.3) is 6.08 Å². The van der Waals surface area contributed by atoms with E-state index in [4.69, 9.17) is 5.11 Å². The van der Waals surface area contributed by atoms with Gasteiger partial charge in [0.2, 0.25) is 0 Å². The predicted octanol–water partition coefficient (Wildman–Crippen LogP) is 2.80. The molecular formula is C13H14O. The van der Waals surface area contributed by atoms with Crippen LogP contribution in [0.2, 0.25) is 0 Å². The molecule has 0 amide bonds. The van der Waals surface area contributed by atoms with Gasteiger partial charge >= 0.3 is 0 Å². The highest BCUT2D eigenvalue weighted by molar-refractivity contribution is 5.56. The minimum atomic E-state index is 0.0409. The second-order valence-electron chi connectivity index (χ2n) is 2.88. The maximum absolute atomic E-state index is 9.06. The summed E-state index contributed by atoms with van der Waals surface area (Å²) >= 11 is 0. The van der Waals surface area contributed by atoms with Gasteiger partial charge in [0.25, 0.3) is 0 Å². The molecular weight excluding hydrogens is 172 g/mol. The summed E-state index contributed by atoms with van der Waals surface area (Å²) in [7, 11) is 0. The second kappa shape index (κ2) is 5.95. The van der Waals surface area contributed by atoms with Crippen LogP contribution in [0.1, 0.15) is 5.56 Å². The SMILES string of the molecule is C=CC=CC(=Cc1ccccc1)CO. The van der Waals surface area contributed by atoms with Gasteiger partial charge in [0.05, 0.1) is 6.61 Å². The number of aliphatic hydroxyl groups is 1. The summed E-state index contributed by atoms with van der Waals surface area (Å²) in [5.74, 6) is 0. The van der Waals surface area contributed by atoms with Gasteiger partial charge < -0.3 is 5.11 Å². The van der Waals surface area contributed by atoms with Gasteiger partial charge in [-0.25, -0.2) is 0 Å². The normalized spacial score (nSPS) is 11.9. The maximum Gasteiger partial charge on any atom is 0.0682 e. The first-order valence-electron chi connectivity index (χ1n) is 4.52. The molecule has 1 aromatic carbocycles. The number of hydrogen-bond donors (Lipinski definition) is 1. The van der Waals surface area contributed by atoms with Gasteiger partial charge in [0, 0.05) is 0 Å². The average Bonchev–Trinajstić information content (AvgIpc) is 2.25. The van der Waals surface area contributed by atoms with Crippen molar-refractivity contribution in [1.82, 2.24) is 0 Å². The van der Waals surface area contributed by atoms with E-state index < -0.39 is 0 Å². The summed E-state index contributed by atoms with van der Waals surface area (Å²) < 4.78 is 0. The Labute approximate surface area is 84.7 Å². The molecule has 0 bridgehead atoms. The maximum atomic E-state index is 9.06. The van der Waals surface area contributed by atoms with Crippen LogP contribution in [0, 0.1) is 0 Å². The molecule has 0 radical (unpaired) electrons. The van der Waals surface area contributed by atoms with E-state index in [-0.39, 0.29) is 6.61 Å². The third kappa shape index (κ3) is 3.42. The molecule has 1 heteroatoms. The first kappa shape index (κ1) is 10.5. The summed E-state index contributed by atoms with van der Waals surface area (Å²) in [4.78, 5) is 0. The molecule has 14 heavy (non-hydrogen) atoms. The van der Waals surface area contributed by atoms with E-state index in [2.05, 4.69) is 6.58 Å². The third-order valence-corrected chi connectivity index (χ3v) is 1.78. The van der Waals surface area contributed by atoms with E-state index in [1.54, 1.807) is 6.08 Å². The van der Waals surface area contributed by atoms with Crippen molar-refractivity contribution in [3.05, 3.63) is 66.3 Å². The fourth-order valence-corrected chi connectivity index (χ4v) is 1.10. The summed E-state index contributed by atoms with van der Waals surface area (Å²) in [5.41, 5.74) is 1.96. The molecule has 0 saturated carbocycles. The van der Waals surface area contributed by atoms with Crippen molar-refractivity contribution in [2.75, 3.05) is 6.61 Å². The van der Waals surface area contributed by atoms with Crippen LogP contribution in [0.3, 0.4) is 0 Å². The van der Waals surface area contributed by atoms with Gasteiger partial charge in [-0.15, -0.1) is 0 Å². The molecule has 0 aliphatic carbocycles. The van der Waals surface area contributed by atoms with Crippen LogP contribution < -0.4 is 0 Å². The van der Waals surface area contributed by atoms with Crippen molar-refractivity contribution in [1.29, 1.82) is 0 Å². The molecule has 0 atom stereocenters. The lowest BCUT2D eigenvalue weighted by Gasteiger charge is -1.96. The van der Waals surface area contributed by atoms with Crippen LogP contribution in [0.15, 0.2) is 60.7 Å². The van der Waals surface area contributed by atoms with E-state index in [1.807, 2.05) is 48.6 Å². The van der Waals surface area contributed by atoms with Gasteiger partial charge in [0.15, 0.2) is 0 Å². The van der Waals surface area contributed by atoms with E-state index in [0.717, 1.165) is 11.1 Å². The second-order valence-corrected chi connectivity index (χ2v) is 2.88. The Hall–Kier alpha value is -1.60. The quantitative estimate of drug-likeness (QED) is 0.717. The first-order chi connectivity index (χ1) is 6.86. The fraction of sp³-hybridized carbons (Fsp3) is 0.0769. The molecule has 1 N–H and O–H groups in total. The predicted molar refractivity (Wildman–Crippen MR) is 60.8 cm³/mol. The Morgan fingerprint density at radius 1 is 1.29 bits per heavy atom. The molecule has 0 fully saturated rings. The van der Waals surface area contributed by atoms with Crippen molar-refractivity contribution in [3.8, 4) is 0 Å². The Kier molecular flexibility index (Phi) is 4.45. The van der Waals surface area contributed by atoms with Crippen LogP contribution in [-0.2, 0) is 0 Å². The number of benzene rings is 1. The van der Waals surface area contributed by atoms with Crippen molar-refractivity contribution in [2.24, 2.45) is 0 Å². The Morgan fingerprint density at radius 3 is 2.57 bits per heavy atom. The van der Waals surface area contributed by atoms with Crippen molar-refractivity contribution >= 4 is 6.08 Å². The van der Waals surface area contributed by atoms with Crippen molar-refractivity contribution < 1.29 is 5.11 Å². The Balaban J connectivity index is 2.83. The van der Waals surface area contributed by atoms with Crippen LogP contribution >= 0.6 is 0 Å². The largest absolute Gasteiger partial charge is 0.392 e. The highest BCUT2D eigenvalue weighted by Gasteiger charge is 1.90. The molecule has 0 aliphatic rings. The summed E-state index contributed by atoms with van der Waals surface area (Å²) in [6, 6.07) is 9.90. The first-order valence-corrected chi connectivity index (χ1v) is 4.52. The Morgan fingerprint density at radius 2 is 2.00 bits per heavy atom. The standard InChI is InChI=1S/C13H14O/c1-2-3-7-13(11-14)10-12-8-5-4-6-9-12/h2-10,14H,1,11H2. The van der Waals surface area contributed by atoms with E-state index in [0.29, 0.717) is 0 Å². The molecule has 0 aromatic heterocycles. The fourth-order valence-electron chi connectivity index (χ4n) is 1.10. The minimum Gasteiger partial charge on any atom is -0.392 e. The van der Waals surface area contributed by atoms with E-state index >= 15 is 0 Å². The van der Waals surface area contributed by atoms with Gasteiger partial charge in [-0.05, 0) is 17.2 Å². The smallest absolute Gasteiger partial charge is 0.0682 e. The lowest BCUT2D eigenvalue weighted by atomic mass is 10.1. The zero-order chi connectivity index (χ0) is 10.2. The number of rotatable bonds is 4. The molecule has 1 aromatic rings. The van der Waals surface area contributed by atoms with E-state index in [1.165, 1.54) is 0 Å². The zero-order valence-electron chi connectivity index (χ0n) is 8.06. The highest BCUT2D eigenvalue weighted by Crippen LogP contribution is 2.07. The van der Waals surface area contributed by atoms with Crippen LogP contribution in [0.4, 0.5) is 0 Å². The van der Waals surface area contributed by atoms with Gasteiger partial charge in [-0.1, -0.05) is 55.1 Å². The molecule has 0 saturated heterocycles. The molecule has 72 valence electrons. The topological polar surface area (TPSA) is 20.2 Å². The minimum absolute atomic E-state index is 0.0409. The van der Waals surface area contributed by atoms with Crippen LogP contribution in [-0.4, -0.2) is 11.7 Å². The Bertz CT molecular complexity index is 334. The van der Waals surface area contributed by atoms with Crippen molar-refractivity contribution in [2.45, 2.75) is 0 Å². The lowest BCUT2D eigenvalue weighted by Crippen LogP contribution is -1.85. The number of allylic oxidation sites excluding steroid dienone is 2. The van der Waals surface area contributed by atoms with Crippen LogP contribution in [0.5, 0.6) is 0 Å². The third-order valence-electron chi connectivity index (χ3n) is 1.78. The van der Waals surface area contributed by atoms with Gasteiger partial charge in [-0.3, -0.25) is 0 Å². The summed E-state index contributed by atoms with van der Waals surface area (Å²) in [5, 5.41) is 9.06. The van der Waals surface area contributed by atoms with Gasteiger partial charge in [-0.2, -0.15) is 0 Å². The van der Waals surface area contributed by atoms with E-state index in [9.17, 15) is 0 Å².